The molecular formula is C8H9NO2S. The number of cyclic esters (lactones) is 1. The van der Waals surface area contributed by atoms with E-state index >= 15 is 0 Å². The third-order valence-corrected chi connectivity index (χ3v) is 2.93. The Morgan fingerprint density at radius 3 is 3.25 bits per heavy atom. The first-order valence-corrected chi connectivity index (χ1v) is 4.78. The van der Waals surface area contributed by atoms with E-state index in [0.29, 0.717) is 18.9 Å². The molecule has 0 amide bonds. The second-order valence-corrected chi connectivity index (χ2v) is 3.73. The van der Waals surface area contributed by atoms with Crippen LogP contribution in [0.3, 0.4) is 0 Å². The number of carbonyl (C=O) groups is 1. The summed E-state index contributed by atoms with van der Waals surface area (Å²) in [6, 6.07) is 0. The lowest BCUT2D eigenvalue weighted by Gasteiger charge is -2.19. The average Bonchev–Trinajstić information content (AvgIpc) is 2.56. The standard InChI is InChI=1S/C8H9NO2S/c10-8-3-6(1-2-11-8)7-4-9-5-12-7/h4-6H,1-3H2. The van der Waals surface area contributed by atoms with Crippen LogP contribution in [0.5, 0.6) is 0 Å². The van der Waals surface area contributed by atoms with Crippen molar-refractivity contribution in [1.82, 2.24) is 4.98 Å². The lowest BCUT2D eigenvalue weighted by atomic mass is 9.99. The van der Waals surface area contributed by atoms with Crippen LogP contribution >= 0.6 is 11.3 Å². The summed E-state index contributed by atoms with van der Waals surface area (Å²) in [4.78, 5) is 16.1. The number of carbonyl (C=O) groups excluding carboxylic acids is 1. The maximum absolute atomic E-state index is 10.9. The number of rotatable bonds is 1. The molecule has 0 bridgehead atoms. The molecule has 12 heavy (non-hydrogen) atoms. The van der Waals surface area contributed by atoms with E-state index in [1.165, 1.54) is 4.88 Å². The normalized spacial score (nSPS) is 23.7. The van der Waals surface area contributed by atoms with Gasteiger partial charge in [-0.25, -0.2) is 0 Å². The molecule has 1 aromatic heterocycles. The van der Waals surface area contributed by atoms with Crippen molar-refractivity contribution in [1.29, 1.82) is 0 Å². The molecule has 0 radical (unpaired) electrons. The Bertz CT molecular complexity index is 271. The smallest absolute Gasteiger partial charge is 0.306 e. The van der Waals surface area contributed by atoms with Gasteiger partial charge in [-0.05, 0) is 6.42 Å². The van der Waals surface area contributed by atoms with Gasteiger partial charge in [-0.1, -0.05) is 0 Å². The van der Waals surface area contributed by atoms with Gasteiger partial charge in [-0.2, -0.15) is 0 Å². The zero-order valence-corrected chi connectivity index (χ0v) is 7.34. The molecule has 2 heterocycles. The van der Waals surface area contributed by atoms with Crippen molar-refractivity contribution in [2.24, 2.45) is 0 Å². The Morgan fingerprint density at radius 2 is 2.58 bits per heavy atom. The fraction of sp³-hybridized carbons (Fsp3) is 0.500. The molecule has 2 rings (SSSR count). The highest BCUT2D eigenvalue weighted by Gasteiger charge is 2.22. The van der Waals surface area contributed by atoms with Gasteiger partial charge in [0.25, 0.3) is 0 Å². The van der Waals surface area contributed by atoms with Crippen LogP contribution in [0, 0.1) is 0 Å². The van der Waals surface area contributed by atoms with Crippen LogP contribution < -0.4 is 0 Å². The molecule has 1 unspecified atom stereocenters. The van der Waals surface area contributed by atoms with Gasteiger partial charge in [0.15, 0.2) is 0 Å². The molecule has 0 saturated carbocycles. The highest BCUT2D eigenvalue weighted by Crippen LogP contribution is 2.29. The van der Waals surface area contributed by atoms with Gasteiger partial charge in [0, 0.05) is 17.0 Å². The number of esters is 1. The van der Waals surface area contributed by atoms with Crippen LogP contribution in [0.25, 0.3) is 0 Å². The molecule has 1 aliphatic heterocycles. The summed E-state index contributed by atoms with van der Waals surface area (Å²) in [7, 11) is 0. The van der Waals surface area contributed by atoms with Crippen molar-refractivity contribution in [2.45, 2.75) is 18.8 Å². The topological polar surface area (TPSA) is 39.2 Å². The van der Waals surface area contributed by atoms with Crippen LogP contribution in [-0.2, 0) is 9.53 Å². The zero-order chi connectivity index (χ0) is 8.39. The van der Waals surface area contributed by atoms with Gasteiger partial charge >= 0.3 is 5.97 Å². The Labute approximate surface area is 74.4 Å². The van der Waals surface area contributed by atoms with Crippen LogP contribution in [-0.4, -0.2) is 17.6 Å². The van der Waals surface area contributed by atoms with E-state index < -0.39 is 0 Å². The largest absolute Gasteiger partial charge is 0.466 e. The Morgan fingerprint density at radius 1 is 1.67 bits per heavy atom. The molecule has 4 heteroatoms. The predicted octanol–water partition coefficient (Wildman–Crippen LogP) is 1.56. The average molecular weight is 183 g/mol. The molecule has 0 spiro atoms. The van der Waals surface area contributed by atoms with E-state index in [-0.39, 0.29) is 5.97 Å². The number of hydrogen-bond acceptors (Lipinski definition) is 4. The number of aromatic nitrogens is 1. The van der Waals surface area contributed by atoms with Crippen molar-refractivity contribution in [3.05, 3.63) is 16.6 Å². The molecule has 1 aliphatic rings. The minimum absolute atomic E-state index is 0.0837. The SMILES string of the molecule is O=C1CC(c2cncs2)CCO1. The first kappa shape index (κ1) is 7.73. The maximum Gasteiger partial charge on any atom is 0.306 e. The summed E-state index contributed by atoms with van der Waals surface area (Å²) in [6.45, 7) is 0.557. The van der Waals surface area contributed by atoms with E-state index in [2.05, 4.69) is 4.98 Å². The molecule has 3 nitrogen and oxygen atoms in total. The van der Waals surface area contributed by atoms with Crippen molar-refractivity contribution in [3.63, 3.8) is 0 Å². The monoisotopic (exact) mass is 183 g/mol. The fourth-order valence-electron chi connectivity index (χ4n) is 1.35. The van der Waals surface area contributed by atoms with Crippen LogP contribution in [0.15, 0.2) is 11.7 Å². The molecule has 1 fully saturated rings. The summed E-state index contributed by atoms with van der Waals surface area (Å²) in [5.74, 6) is 0.262. The van der Waals surface area contributed by atoms with Crippen molar-refractivity contribution < 1.29 is 9.53 Å². The van der Waals surface area contributed by atoms with E-state index in [4.69, 9.17) is 4.74 Å². The van der Waals surface area contributed by atoms with Gasteiger partial charge in [0.05, 0.1) is 18.5 Å². The van der Waals surface area contributed by atoms with Gasteiger partial charge in [0.2, 0.25) is 0 Å². The number of nitrogens with zero attached hydrogens (tertiary/aromatic N) is 1. The zero-order valence-electron chi connectivity index (χ0n) is 6.53. The van der Waals surface area contributed by atoms with Gasteiger partial charge in [-0.3, -0.25) is 9.78 Å². The summed E-state index contributed by atoms with van der Waals surface area (Å²) >= 11 is 1.61. The van der Waals surface area contributed by atoms with Gasteiger partial charge < -0.3 is 4.74 Å². The summed E-state index contributed by atoms with van der Waals surface area (Å²) in [5, 5.41) is 0. The molecule has 1 aromatic rings. The second kappa shape index (κ2) is 3.23. The van der Waals surface area contributed by atoms with E-state index in [9.17, 15) is 4.79 Å². The second-order valence-electron chi connectivity index (χ2n) is 2.81. The summed E-state index contributed by atoms with van der Waals surface area (Å²) in [5.41, 5.74) is 1.80. The highest BCUT2D eigenvalue weighted by molar-refractivity contribution is 7.09. The Kier molecular flexibility index (Phi) is 2.08. The van der Waals surface area contributed by atoms with Crippen molar-refractivity contribution in [2.75, 3.05) is 6.61 Å². The van der Waals surface area contributed by atoms with E-state index in [1.54, 1.807) is 16.8 Å². The van der Waals surface area contributed by atoms with Crippen LogP contribution in [0.4, 0.5) is 0 Å². The summed E-state index contributed by atoms with van der Waals surface area (Å²) in [6.07, 6.45) is 3.30. The first-order valence-electron chi connectivity index (χ1n) is 3.90. The minimum atomic E-state index is -0.0837. The number of hydrogen-bond donors (Lipinski definition) is 0. The number of ether oxygens (including phenoxy) is 1. The summed E-state index contributed by atoms with van der Waals surface area (Å²) < 4.78 is 4.85. The lowest BCUT2D eigenvalue weighted by Crippen LogP contribution is -2.18. The van der Waals surface area contributed by atoms with E-state index in [0.717, 1.165) is 6.42 Å². The molecular weight excluding hydrogens is 174 g/mol. The predicted molar refractivity (Wildman–Crippen MR) is 45.0 cm³/mol. The molecule has 0 aliphatic carbocycles. The maximum atomic E-state index is 10.9. The molecule has 0 N–H and O–H groups in total. The molecule has 1 saturated heterocycles. The minimum Gasteiger partial charge on any atom is -0.466 e. The van der Waals surface area contributed by atoms with Crippen LogP contribution in [0.2, 0.25) is 0 Å². The highest BCUT2D eigenvalue weighted by atomic mass is 32.1. The fourth-order valence-corrected chi connectivity index (χ4v) is 2.11. The van der Waals surface area contributed by atoms with Crippen molar-refractivity contribution in [3.8, 4) is 0 Å². The third kappa shape index (κ3) is 1.48. The molecule has 1 atom stereocenters. The van der Waals surface area contributed by atoms with Gasteiger partial charge in [-0.15, -0.1) is 11.3 Å². The van der Waals surface area contributed by atoms with E-state index in [1.807, 2.05) is 6.20 Å². The van der Waals surface area contributed by atoms with Crippen molar-refractivity contribution >= 4 is 17.3 Å². The first-order chi connectivity index (χ1) is 5.86. The Balaban J connectivity index is 2.09. The number of thiazole rings is 1. The van der Waals surface area contributed by atoms with Crippen LogP contribution in [0.1, 0.15) is 23.6 Å². The molecule has 64 valence electrons. The molecule has 0 aromatic carbocycles. The third-order valence-electron chi connectivity index (χ3n) is 2.00. The van der Waals surface area contributed by atoms with Gasteiger partial charge in [0.1, 0.15) is 0 Å². The quantitative estimate of drug-likeness (QED) is 0.620. The Hall–Kier alpha value is -0.900. The lowest BCUT2D eigenvalue weighted by molar-refractivity contribution is -0.147.